The number of rotatable bonds is 7. The van der Waals surface area contributed by atoms with Crippen molar-refractivity contribution in [1.29, 1.82) is 0 Å². The number of hydrogen-bond acceptors (Lipinski definition) is 8. The summed E-state index contributed by atoms with van der Waals surface area (Å²) in [6.45, 7) is 5.45. The van der Waals surface area contributed by atoms with Crippen molar-refractivity contribution in [2.45, 2.75) is 56.5 Å². The molecule has 3 amide bonds. The summed E-state index contributed by atoms with van der Waals surface area (Å²) in [5.74, 6) is 0.893. The molecule has 216 valence electrons. The fourth-order valence-electron chi connectivity index (χ4n) is 6.03. The van der Waals surface area contributed by atoms with Gasteiger partial charge in [-0.2, -0.15) is 0 Å². The molecule has 0 aliphatic carbocycles. The van der Waals surface area contributed by atoms with Gasteiger partial charge >= 0.3 is 6.03 Å². The number of carbonyl (C=O) groups is 2. The van der Waals surface area contributed by atoms with E-state index in [4.69, 9.17) is 15.5 Å². The molecule has 11 heteroatoms. The predicted octanol–water partition coefficient (Wildman–Crippen LogP) is 2.92. The average Bonchev–Trinajstić information content (AvgIpc) is 2.98. The summed E-state index contributed by atoms with van der Waals surface area (Å²) < 4.78 is 5.53. The Morgan fingerprint density at radius 3 is 2.42 bits per heavy atom. The summed E-state index contributed by atoms with van der Waals surface area (Å²) in [6, 6.07) is 8.97. The van der Waals surface area contributed by atoms with Crippen molar-refractivity contribution in [3.8, 4) is 0 Å². The van der Waals surface area contributed by atoms with Crippen molar-refractivity contribution in [2.24, 2.45) is 5.73 Å². The number of carbonyl (C=O) groups excluding carboxylic acids is 2. The lowest BCUT2D eigenvalue weighted by atomic mass is 9.88. The van der Waals surface area contributed by atoms with Crippen molar-refractivity contribution >= 4 is 29.3 Å². The largest absolute Gasteiger partial charge is 0.381 e. The fraction of sp³-hybridized carbons (Fsp3) is 0.586. The van der Waals surface area contributed by atoms with Crippen LogP contribution in [0.3, 0.4) is 0 Å². The lowest BCUT2D eigenvalue weighted by Crippen LogP contribution is -2.50. The van der Waals surface area contributed by atoms with Crippen molar-refractivity contribution in [3.05, 3.63) is 41.7 Å². The van der Waals surface area contributed by atoms with Crippen LogP contribution < -0.4 is 21.3 Å². The minimum Gasteiger partial charge on any atom is -0.381 e. The summed E-state index contributed by atoms with van der Waals surface area (Å²) in [5.41, 5.74) is 7.90. The molecule has 0 radical (unpaired) electrons. The summed E-state index contributed by atoms with van der Waals surface area (Å²) in [6.07, 6.45) is 8.01. The van der Waals surface area contributed by atoms with Crippen LogP contribution in [-0.2, 0) is 4.74 Å². The third-order valence-electron chi connectivity index (χ3n) is 8.35. The molecule has 1 unspecified atom stereocenters. The number of anilines is 3. The number of hydrogen-bond donors (Lipinski definition) is 3. The van der Waals surface area contributed by atoms with Gasteiger partial charge in [-0.05, 0) is 75.2 Å². The van der Waals surface area contributed by atoms with Gasteiger partial charge in [0.15, 0.2) is 11.5 Å². The fourth-order valence-corrected chi connectivity index (χ4v) is 6.03. The third kappa shape index (κ3) is 6.82. The molecule has 0 saturated carbocycles. The zero-order chi connectivity index (χ0) is 28.1. The molecule has 3 saturated heterocycles. The number of primary amides is 1. The normalized spacial score (nSPS) is 21.1. The number of nitrogens with two attached hydrogens (primary N) is 1. The molecule has 40 heavy (non-hydrogen) atoms. The number of ether oxygens (including phenoxy) is 1. The van der Waals surface area contributed by atoms with Gasteiger partial charge in [0.1, 0.15) is 5.82 Å². The van der Waals surface area contributed by atoms with Crippen molar-refractivity contribution in [2.75, 3.05) is 63.7 Å². The monoisotopic (exact) mass is 550 g/mol. The standard InChI is InChI=1S/C29H42N8O3/c1-35(2)29(39)33-23-4-3-13-37(19-23)25-18-31-26(27(30)38)28(34-25)32-22-7-5-20(6-8-22)21-9-14-36(15-10-21)24-11-16-40-17-12-24/h5-8,18,21,23-24H,3-4,9-17,19H2,1-2H3,(H2,30,38)(H,32,34)(H,33,39). The first-order valence-corrected chi connectivity index (χ1v) is 14.5. The van der Waals surface area contributed by atoms with Crippen LogP contribution in [0.4, 0.5) is 22.1 Å². The second-order valence-electron chi connectivity index (χ2n) is 11.3. The predicted molar refractivity (Wildman–Crippen MR) is 155 cm³/mol. The molecule has 3 fully saturated rings. The molecular formula is C29H42N8O3. The van der Waals surface area contributed by atoms with Crippen LogP contribution in [0.15, 0.2) is 30.5 Å². The van der Waals surface area contributed by atoms with E-state index in [1.807, 2.05) is 12.1 Å². The highest BCUT2D eigenvalue weighted by molar-refractivity contribution is 5.96. The van der Waals surface area contributed by atoms with Crippen molar-refractivity contribution < 1.29 is 14.3 Å². The Morgan fingerprint density at radius 2 is 1.75 bits per heavy atom. The summed E-state index contributed by atoms with van der Waals surface area (Å²) >= 11 is 0. The van der Waals surface area contributed by atoms with Crippen LogP contribution in [0.5, 0.6) is 0 Å². The molecule has 1 aromatic carbocycles. The quantitative estimate of drug-likeness (QED) is 0.480. The van der Waals surface area contributed by atoms with Crippen LogP contribution in [0.2, 0.25) is 0 Å². The molecule has 2 aromatic rings. The number of piperidine rings is 2. The van der Waals surface area contributed by atoms with Gasteiger partial charge in [-0.1, -0.05) is 12.1 Å². The number of nitrogens with zero attached hydrogens (tertiary/aromatic N) is 5. The summed E-state index contributed by atoms with van der Waals surface area (Å²) in [7, 11) is 3.46. The number of nitrogens with one attached hydrogen (secondary N) is 2. The first-order chi connectivity index (χ1) is 19.4. The van der Waals surface area contributed by atoms with Crippen LogP contribution in [0.25, 0.3) is 0 Å². The SMILES string of the molecule is CN(C)C(=O)NC1CCCN(c2cnc(C(N)=O)c(Nc3ccc(C4CCN(C5CCOCC5)CC4)cc3)n2)C1. The second kappa shape index (κ2) is 12.8. The molecule has 0 bridgehead atoms. The maximum atomic E-state index is 12.1. The molecule has 3 aliphatic rings. The molecule has 4 heterocycles. The van der Waals surface area contributed by atoms with Gasteiger partial charge in [-0.3, -0.25) is 4.79 Å². The Bertz CT molecular complexity index is 1160. The maximum absolute atomic E-state index is 12.1. The number of benzene rings is 1. The van der Waals surface area contributed by atoms with Gasteiger partial charge in [-0.25, -0.2) is 14.8 Å². The second-order valence-corrected chi connectivity index (χ2v) is 11.3. The number of aromatic nitrogens is 2. The van der Waals surface area contributed by atoms with E-state index in [-0.39, 0.29) is 17.8 Å². The molecule has 11 nitrogen and oxygen atoms in total. The highest BCUT2D eigenvalue weighted by atomic mass is 16.5. The van der Waals surface area contributed by atoms with E-state index in [0.29, 0.717) is 30.1 Å². The van der Waals surface area contributed by atoms with Gasteiger partial charge in [-0.15, -0.1) is 0 Å². The topological polar surface area (TPSA) is 129 Å². The molecule has 0 spiro atoms. The minimum absolute atomic E-state index is 0.00812. The van der Waals surface area contributed by atoms with Crippen molar-refractivity contribution in [1.82, 2.24) is 25.1 Å². The number of urea groups is 1. The van der Waals surface area contributed by atoms with E-state index >= 15 is 0 Å². The number of likely N-dealkylation sites (tertiary alicyclic amines) is 1. The highest BCUT2D eigenvalue weighted by Gasteiger charge is 2.28. The minimum atomic E-state index is -0.635. The Labute approximate surface area is 236 Å². The van der Waals surface area contributed by atoms with Crippen LogP contribution in [0, 0.1) is 0 Å². The van der Waals surface area contributed by atoms with E-state index in [9.17, 15) is 9.59 Å². The van der Waals surface area contributed by atoms with Crippen LogP contribution in [-0.4, -0.2) is 97.3 Å². The Morgan fingerprint density at radius 1 is 1.02 bits per heavy atom. The van der Waals surface area contributed by atoms with E-state index < -0.39 is 5.91 Å². The lowest BCUT2D eigenvalue weighted by Gasteiger charge is -2.39. The molecule has 3 aliphatic heterocycles. The van der Waals surface area contributed by atoms with Gasteiger partial charge < -0.3 is 35.8 Å². The first kappa shape index (κ1) is 28.1. The van der Waals surface area contributed by atoms with Crippen LogP contribution >= 0.6 is 0 Å². The summed E-state index contributed by atoms with van der Waals surface area (Å²) in [4.78, 5) is 39.6. The van der Waals surface area contributed by atoms with Crippen molar-refractivity contribution in [3.63, 3.8) is 0 Å². The van der Waals surface area contributed by atoms with E-state index in [1.165, 1.54) is 10.5 Å². The zero-order valence-corrected chi connectivity index (χ0v) is 23.6. The molecular weight excluding hydrogens is 508 g/mol. The average molecular weight is 551 g/mol. The van der Waals surface area contributed by atoms with Gasteiger partial charge in [0, 0.05) is 58.2 Å². The molecule has 1 aromatic heterocycles. The van der Waals surface area contributed by atoms with E-state index in [0.717, 1.165) is 77.1 Å². The molecule has 5 rings (SSSR count). The smallest absolute Gasteiger partial charge is 0.317 e. The van der Waals surface area contributed by atoms with Crippen LogP contribution in [0.1, 0.15) is 60.5 Å². The summed E-state index contributed by atoms with van der Waals surface area (Å²) in [5, 5.41) is 6.33. The van der Waals surface area contributed by atoms with Gasteiger partial charge in [0.2, 0.25) is 0 Å². The van der Waals surface area contributed by atoms with Gasteiger partial charge in [0.25, 0.3) is 5.91 Å². The van der Waals surface area contributed by atoms with Gasteiger partial charge in [0.05, 0.1) is 6.20 Å². The third-order valence-corrected chi connectivity index (χ3v) is 8.35. The zero-order valence-electron chi connectivity index (χ0n) is 23.6. The maximum Gasteiger partial charge on any atom is 0.317 e. The van der Waals surface area contributed by atoms with E-state index in [1.54, 1.807) is 20.3 Å². The van der Waals surface area contributed by atoms with E-state index in [2.05, 4.69) is 37.6 Å². The highest BCUT2D eigenvalue weighted by Crippen LogP contribution is 2.32. The molecule has 1 atom stereocenters. The first-order valence-electron chi connectivity index (χ1n) is 14.5. The Balaban J connectivity index is 1.23. The Kier molecular flexibility index (Phi) is 9.01. The molecule has 4 N–H and O–H groups in total. The number of amides is 3. The Hall–Kier alpha value is -3.44. The lowest BCUT2D eigenvalue weighted by molar-refractivity contribution is 0.0252.